The lowest BCUT2D eigenvalue weighted by molar-refractivity contribution is -0.138. The number of aliphatic carboxylic acids is 1. The Balaban J connectivity index is 2.38. The van der Waals surface area contributed by atoms with Gasteiger partial charge in [0.1, 0.15) is 6.04 Å². The van der Waals surface area contributed by atoms with Crippen molar-refractivity contribution in [3.8, 4) is 0 Å². The Kier molecular flexibility index (Phi) is 3.33. The molecule has 2 rings (SSSR count). The lowest BCUT2D eigenvalue weighted by atomic mass is 10.3. The molecule has 2 aromatic rings. The minimum atomic E-state index is -3.89. The molecular formula is C10H10N2O4S2. The first-order chi connectivity index (χ1) is 8.40. The predicted octanol–water partition coefficient (Wildman–Crippen LogP) is 1.05. The van der Waals surface area contributed by atoms with Gasteiger partial charge in [0.25, 0.3) is 10.0 Å². The molecule has 0 unspecified atom stereocenters. The van der Waals surface area contributed by atoms with Gasteiger partial charge in [-0.1, -0.05) is 12.1 Å². The van der Waals surface area contributed by atoms with Crippen LogP contribution in [0.1, 0.15) is 6.92 Å². The Morgan fingerprint density at radius 1 is 1.44 bits per heavy atom. The zero-order valence-corrected chi connectivity index (χ0v) is 11.0. The Morgan fingerprint density at radius 2 is 2.11 bits per heavy atom. The molecule has 96 valence electrons. The van der Waals surface area contributed by atoms with Gasteiger partial charge in [0.2, 0.25) is 4.34 Å². The van der Waals surface area contributed by atoms with E-state index in [-0.39, 0.29) is 4.34 Å². The number of rotatable bonds is 4. The number of aromatic nitrogens is 1. The topological polar surface area (TPSA) is 96.4 Å². The zero-order valence-electron chi connectivity index (χ0n) is 9.32. The summed E-state index contributed by atoms with van der Waals surface area (Å²) in [4.78, 5) is 14.6. The Labute approximate surface area is 107 Å². The largest absolute Gasteiger partial charge is 0.480 e. The van der Waals surface area contributed by atoms with Gasteiger partial charge in [-0.3, -0.25) is 4.79 Å². The number of sulfonamides is 1. The summed E-state index contributed by atoms with van der Waals surface area (Å²) in [5.74, 6) is -1.24. The van der Waals surface area contributed by atoms with Crippen LogP contribution >= 0.6 is 11.3 Å². The maximum absolute atomic E-state index is 11.9. The summed E-state index contributed by atoms with van der Waals surface area (Å²) < 4.78 is 26.4. The van der Waals surface area contributed by atoms with Crippen LogP contribution in [0.5, 0.6) is 0 Å². The molecule has 0 saturated carbocycles. The number of carboxylic acids is 1. The smallest absolute Gasteiger partial charge is 0.321 e. The summed E-state index contributed by atoms with van der Waals surface area (Å²) in [7, 11) is -3.89. The second kappa shape index (κ2) is 4.63. The van der Waals surface area contributed by atoms with Crippen molar-refractivity contribution in [2.24, 2.45) is 0 Å². The highest BCUT2D eigenvalue weighted by Gasteiger charge is 2.24. The van der Waals surface area contributed by atoms with Gasteiger partial charge in [-0.05, 0) is 19.1 Å². The van der Waals surface area contributed by atoms with Crippen LogP contribution in [0.15, 0.2) is 28.6 Å². The fourth-order valence-corrected chi connectivity index (χ4v) is 3.73. The number of benzene rings is 1. The molecule has 6 nitrogen and oxygen atoms in total. The fourth-order valence-electron chi connectivity index (χ4n) is 1.30. The number of para-hydroxylation sites is 1. The second-order valence-electron chi connectivity index (χ2n) is 3.63. The molecule has 0 bridgehead atoms. The SMILES string of the molecule is C[C@H](NS(=O)(=O)c1nc2ccccc2s1)C(=O)O. The second-order valence-corrected chi connectivity index (χ2v) is 6.55. The molecule has 1 aromatic carbocycles. The molecule has 1 aromatic heterocycles. The van der Waals surface area contributed by atoms with Crippen LogP contribution in [-0.4, -0.2) is 30.5 Å². The van der Waals surface area contributed by atoms with E-state index in [1.807, 2.05) is 0 Å². The van der Waals surface area contributed by atoms with Crippen LogP contribution in [0.3, 0.4) is 0 Å². The molecule has 0 aliphatic carbocycles. The Bertz CT molecular complexity index is 660. The minimum Gasteiger partial charge on any atom is -0.480 e. The van der Waals surface area contributed by atoms with E-state index in [1.54, 1.807) is 24.3 Å². The number of thiazole rings is 1. The summed E-state index contributed by atoms with van der Waals surface area (Å²) in [6, 6.07) is 5.80. The summed E-state index contributed by atoms with van der Waals surface area (Å²) in [6.07, 6.45) is 0. The third-order valence-corrected chi connectivity index (χ3v) is 5.16. The standard InChI is InChI=1S/C10H10N2O4S2/c1-6(9(13)14)12-18(15,16)10-11-7-4-2-3-5-8(7)17-10/h2-6,12H,1H3,(H,13,14)/t6-/m0/s1. The number of carbonyl (C=O) groups is 1. The van der Waals surface area contributed by atoms with E-state index >= 15 is 0 Å². The molecular weight excluding hydrogens is 276 g/mol. The average molecular weight is 286 g/mol. The van der Waals surface area contributed by atoms with E-state index in [0.29, 0.717) is 5.52 Å². The van der Waals surface area contributed by atoms with Crippen LogP contribution in [0.25, 0.3) is 10.2 Å². The van der Waals surface area contributed by atoms with Crippen LogP contribution < -0.4 is 4.72 Å². The first-order valence-electron chi connectivity index (χ1n) is 5.01. The Hall–Kier alpha value is -1.51. The van der Waals surface area contributed by atoms with Crippen molar-refractivity contribution in [1.82, 2.24) is 9.71 Å². The Morgan fingerprint density at radius 3 is 2.72 bits per heavy atom. The monoisotopic (exact) mass is 286 g/mol. The summed E-state index contributed by atoms with van der Waals surface area (Å²) >= 11 is 1.00. The van der Waals surface area contributed by atoms with E-state index in [1.165, 1.54) is 6.92 Å². The molecule has 18 heavy (non-hydrogen) atoms. The number of hydrogen-bond donors (Lipinski definition) is 2. The van der Waals surface area contributed by atoms with Crippen LogP contribution in [0.4, 0.5) is 0 Å². The zero-order chi connectivity index (χ0) is 13.3. The number of fused-ring (bicyclic) bond motifs is 1. The lowest BCUT2D eigenvalue weighted by Crippen LogP contribution is -2.38. The maximum atomic E-state index is 11.9. The summed E-state index contributed by atoms with van der Waals surface area (Å²) in [5, 5.41) is 8.69. The van der Waals surface area contributed by atoms with Crippen LogP contribution in [0.2, 0.25) is 0 Å². The van der Waals surface area contributed by atoms with Crippen molar-refractivity contribution >= 4 is 37.5 Å². The minimum absolute atomic E-state index is 0.128. The highest BCUT2D eigenvalue weighted by Crippen LogP contribution is 2.24. The fraction of sp³-hybridized carbons (Fsp3) is 0.200. The quantitative estimate of drug-likeness (QED) is 0.875. The summed E-state index contributed by atoms with van der Waals surface area (Å²) in [5.41, 5.74) is 0.575. The highest BCUT2D eigenvalue weighted by atomic mass is 32.2. The van der Waals surface area contributed by atoms with Crippen molar-refractivity contribution in [2.75, 3.05) is 0 Å². The summed E-state index contributed by atoms with van der Waals surface area (Å²) in [6.45, 7) is 1.26. The molecule has 0 saturated heterocycles. The number of carboxylic acid groups (broad SMARTS) is 1. The van der Waals surface area contributed by atoms with Gasteiger partial charge in [0.05, 0.1) is 10.2 Å². The van der Waals surface area contributed by atoms with Crippen molar-refractivity contribution < 1.29 is 18.3 Å². The first kappa shape index (κ1) is 12.9. The van der Waals surface area contributed by atoms with E-state index in [9.17, 15) is 13.2 Å². The first-order valence-corrected chi connectivity index (χ1v) is 7.31. The van der Waals surface area contributed by atoms with E-state index in [0.717, 1.165) is 16.0 Å². The molecule has 0 spiro atoms. The van der Waals surface area contributed by atoms with Gasteiger partial charge in [0.15, 0.2) is 0 Å². The van der Waals surface area contributed by atoms with Gasteiger partial charge < -0.3 is 5.11 Å². The molecule has 0 radical (unpaired) electrons. The van der Waals surface area contributed by atoms with E-state index < -0.39 is 22.0 Å². The maximum Gasteiger partial charge on any atom is 0.321 e. The predicted molar refractivity (Wildman–Crippen MR) is 67.0 cm³/mol. The molecule has 0 amide bonds. The molecule has 2 N–H and O–H groups in total. The van der Waals surface area contributed by atoms with Gasteiger partial charge in [-0.2, -0.15) is 4.72 Å². The van der Waals surface area contributed by atoms with Crippen molar-refractivity contribution in [1.29, 1.82) is 0 Å². The van der Waals surface area contributed by atoms with Crippen molar-refractivity contribution in [2.45, 2.75) is 17.3 Å². The van der Waals surface area contributed by atoms with Gasteiger partial charge in [-0.15, -0.1) is 11.3 Å². The van der Waals surface area contributed by atoms with E-state index in [4.69, 9.17) is 5.11 Å². The molecule has 8 heteroatoms. The number of nitrogens with one attached hydrogen (secondary N) is 1. The lowest BCUT2D eigenvalue weighted by Gasteiger charge is -2.07. The molecule has 0 fully saturated rings. The molecule has 0 aliphatic heterocycles. The van der Waals surface area contributed by atoms with Gasteiger partial charge >= 0.3 is 5.97 Å². The third kappa shape index (κ3) is 2.50. The van der Waals surface area contributed by atoms with Crippen molar-refractivity contribution in [3.05, 3.63) is 24.3 Å². The molecule has 0 aliphatic rings. The van der Waals surface area contributed by atoms with Gasteiger partial charge in [-0.25, -0.2) is 13.4 Å². The number of hydrogen-bond acceptors (Lipinski definition) is 5. The molecule has 1 atom stereocenters. The third-order valence-electron chi connectivity index (χ3n) is 2.21. The normalized spacial score (nSPS) is 13.6. The van der Waals surface area contributed by atoms with Crippen LogP contribution in [0, 0.1) is 0 Å². The van der Waals surface area contributed by atoms with Crippen LogP contribution in [-0.2, 0) is 14.8 Å². The molecule has 1 heterocycles. The van der Waals surface area contributed by atoms with Gasteiger partial charge in [0, 0.05) is 0 Å². The average Bonchev–Trinajstić information content (AvgIpc) is 2.72. The number of nitrogens with zero attached hydrogens (tertiary/aromatic N) is 1. The highest BCUT2D eigenvalue weighted by molar-refractivity contribution is 7.91. The van der Waals surface area contributed by atoms with Crippen molar-refractivity contribution in [3.63, 3.8) is 0 Å². The van der Waals surface area contributed by atoms with E-state index in [2.05, 4.69) is 9.71 Å².